The molecule has 3 aromatic carbocycles. The fourth-order valence-electron chi connectivity index (χ4n) is 10.0. The molecule has 7 unspecified atom stereocenters. The molecule has 0 N–H and O–H groups in total. The summed E-state index contributed by atoms with van der Waals surface area (Å²) in [5.41, 5.74) is 12.5. The zero-order valence-electron chi connectivity index (χ0n) is 31.0. The second-order valence-corrected chi connectivity index (χ2v) is 17.4. The zero-order chi connectivity index (χ0) is 33.5. The molecular formula is C46H56Cl2Zr-2. The van der Waals surface area contributed by atoms with Crippen LogP contribution in [0.1, 0.15) is 98.6 Å². The van der Waals surface area contributed by atoms with Crippen molar-refractivity contribution in [1.82, 2.24) is 0 Å². The summed E-state index contributed by atoms with van der Waals surface area (Å²) in [5.74, 6) is 4.93. The first-order valence-corrected chi connectivity index (χ1v) is 19.7. The van der Waals surface area contributed by atoms with Crippen LogP contribution in [-0.4, -0.2) is 3.21 Å². The van der Waals surface area contributed by atoms with Crippen LogP contribution in [0.25, 0.3) is 16.7 Å². The van der Waals surface area contributed by atoms with Gasteiger partial charge in [0.1, 0.15) is 0 Å². The molecular weight excluding hydrogens is 715 g/mol. The Labute approximate surface area is 325 Å². The van der Waals surface area contributed by atoms with Gasteiger partial charge in [-0.1, -0.05) is 150 Å². The Kier molecular flexibility index (Phi) is 13.3. The van der Waals surface area contributed by atoms with E-state index in [1.54, 1.807) is 55.7 Å². The van der Waals surface area contributed by atoms with Gasteiger partial charge in [-0.05, 0) is 34.7 Å². The maximum atomic E-state index is 2.63. The third-order valence-corrected chi connectivity index (χ3v) is 15.0. The van der Waals surface area contributed by atoms with Crippen molar-refractivity contribution >= 4 is 8.78 Å². The number of benzene rings is 2. The fraction of sp³-hybridized carbons (Fsp3) is 0.457. The Balaban J connectivity index is 0.000000222. The Morgan fingerprint density at radius 3 is 2.04 bits per heavy atom. The van der Waals surface area contributed by atoms with Gasteiger partial charge in [0, 0.05) is 5.41 Å². The third-order valence-electron chi connectivity index (χ3n) is 13.7. The average molecular weight is 771 g/mol. The number of fused-ring (bicyclic) bond motifs is 6. The van der Waals surface area contributed by atoms with Gasteiger partial charge in [0.25, 0.3) is 0 Å². The van der Waals surface area contributed by atoms with Gasteiger partial charge in [-0.3, -0.25) is 0 Å². The largest absolute Gasteiger partial charge is 0.206 e. The van der Waals surface area contributed by atoms with Gasteiger partial charge >= 0.3 is 59.5 Å². The molecule has 3 heteroatoms. The summed E-state index contributed by atoms with van der Waals surface area (Å²) >= 11 is 1.69. The molecule has 0 spiro atoms. The smallest absolute Gasteiger partial charge is 0.0623 e. The summed E-state index contributed by atoms with van der Waals surface area (Å²) in [4.78, 5) is 0. The predicted molar refractivity (Wildman–Crippen MR) is 200 cm³/mol. The molecule has 7 atom stereocenters. The molecule has 0 bridgehead atoms. The van der Waals surface area contributed by atoms with Gasteiger partial charge in [0.2, 0.25) is 0 Å². The van der Waals surface area contributed by atoms with Crippen LogP contribution in [-0.2, 0) is 30.7 Å². The molecule has 49 heavy (non-hydrogen) atoms. The minimum atomic E-state index is 0. The topological polar surface area (TPSA) is 0 Å². The van der Waals surface area contributed by atoms with Crippen molar-refractivity contribution in [2.24, 2.45) is 40.4 Å². The SMILES string of the molecule is C[C-]1C2=C3Cc4ccccc4C3=C3C=CC(C)C(C)C3(C)C2(C)C(C)C(C)C1C.[Cl-].[Cl-].[Zr+2]=[C]1CCCCC1.c1ccc(-c2cc[cH-]c2)cc1. The normalized spacial score (nSPS) is 31.0. The third kappa shape index (κ3) is 6.93. The Morgan fingerprint density at radius 2 is 1.43 bits per heavy atom. The van der Waals surface area contributed by atoms with Gasteiger partial charge in [0.05, 0.1) is 0 Å². The maximum absolute atomic E-state index is 2.63. The van der Waals surface area contributed by atoms with Crippen LogP contribution in [0.3, 0.4) is 0 Å². The summed E-state index contributed by atoms with van der Waals surface area (Å²) in [6, 6.07) is 27.9. The van der Waals surface area contributed by atoms with E-state index in [0.29, 0.717) is 29.6 Å². The Morgan fingerprint density at radius 1 is 0.776 bits per heavy atom. The first kappa shape index (κ1) is 40.0. The molecule has 3 aromatic rings. The van der Waals surface area contributed by atoms with E-state index in [1.165, 1.54) is 54.4 Å². The molecule has 8 rings (SSSR count). The van der Waals surface area contributed by atoms with E-state index in [0.717, 1.165) is 6.42 Å². The molecule has 2 saturated carbocycles. The second kappa shape index (κ2) is 16.3. The molecule has 0 heterocycles. The van der Waals surface area contributed by atoms with Crippen LogP contribution in [0.15, 0.2) is 108 Å². The van der Waals surface area contributed by atoms with Crippen LogP contribution in [0.5, 0.6) is 0 Å². The first-order chi connectivity index (χ1) is 22.5. The maximum Gasteiger partial charge on any atom is -0.0623 e. The van der Waals surface area contributed by atoms with Crippen LogP contribution in [0.4, 0.5) is 0 Å². The van der Waals surface area contributed by atoms with Gasteiger partial charge in [0.15, 0.2) is 0 Å². The molecule has 2 fully saturated rings. The molecule has 0 aliphatic heterocycles. The molecule has 5 aliphatic rings. The number of hydrogen-bond acceptors (Lipinski definition) is 0. The Hall–Kier alpha value is -1.79. The van der Waals surface area contributed by atoms with Gasteiger partial charge in [-0.2, -0.15) is 34.9 Å². The van der Waals surface area contributed by atoms with E-state index >= 15 is 0 Å². The Bertz CT molecular complexity index is 1670. The molecule has 0 radical (unpaired) electrons. The van der Waals surface area contributed by atoms with Crippen LogP contribution < -0.4 is 24.8 Å². The van der Waals surface area contributed by atoms with Crippen molar-refractivity contribution in [3.8, 4) is 11.1 Å². The number of rotatable bonds is 1. The monoisotopic (exact) mass is 768 g/mol. The summed E-state index contributed by atoms with van der Waals surface area (Å²) in [6.45, 7) is 20.2. The van der Waals surface area contributed by atoms with Gasteiger partial charge in [-0.15, -0.1) is 6.92 Å². The molecule has 0 aromatic heterocycles. The van der Waals surface area contributed by atoms with E-state index in [1.807, 2.05) is 6.07 Å². The number of allylic oxidation sites excluding steroid dienone is 6. The van der Waals surface area contributed by atoms with Crippen LogP contribution in [0, 0.1) is 46.3 Å². The summed E-state index contributed by atoms with van der Waals surface area (Å²) < 4.78 is 1.80. The summed E-state index contributed by atoms with van der Waals surface area (Å²) in [5, 5.41) is 0. The van der Waals surface area contributed by atoms with Crippen molar-refractivity contribution in [2.75, 3.05) is 0 Å². The summed E-state index contributed by atoms with van der Waals surface area (Å²) in [6.07, 6.45) is 13.4. The van der Waals surface area contributed by atoms with Crippen LogP contribution in [0.2, 0.25) is 0 Å². The molecule has 5 aliphatic carbocycles. The zero-order valence-corrected chi connectivity index (χ0v) is 35.0. The van der Waals surface area contributed by atoms with E-state index in [9.17, 15) is 0 Å². The fourth-order valence-corrected chi connectivity index (χ4v) is 10.9. The molecule has 0 nitrogen and oxygen atoms in total. The molecule has 0 saturated heterocycles. The van der Waals surface area contributed by atoms with Crippen molar-refractivity contribution in [1.29, 1.82) is 0 Å². The van der Waals surface area contributed by atoms with Crippen molar-refractivity contribution in [2.45, 2.75) is 93.9 Å². The average Bonchev–Trinajstić information content (AvgIpc) is 3.76. The van der Waals surface area contributed by atoms with E-state index in [-0.39, 0.29) is 35.6 Å². The standard InChI is InChI=1S/C29H37.C11H9.C6H10.2ClH.Zr/c1-16-13-14-25-26-23-12-10-9-11-22(23)15-24(26)27-19(4)17(2)18(3)21(6)29(27,8)28(25,7)20(16)5;1-2-6-10(7-3-1)11-8-4-5-9-11;1-2-4-6-5-3-1;;;/h9-14,16-18,20-21H,15H2,1-8H3;1-9H;1-5H2;2*1H;/q2*-1;;;;+2/p-2. The summed E-state index contributed by atoms with van der Waals surface area (Å²) in [7, 11) is 0. The minimum Gasteiger partial charge on any atom is -0.206 e. The number of halogens is 2. The predicted octanol–water partition coefficient (Wildman–Crippen LogP) is 6.43. The number of hydrogen-bond donors (Lipinski definition) is 0. The van der Waals surface area contributed by atoms with E-state index in [2.05, 4.69) is 140 Å². The van der Waals surface area contributed by atoms with Crippen molar-refractivity contribution in [3.63, 3.8) is 0 Å². The van der Waals surface area contributed by atoms with Gasteiger partial charge < -0.3 is 24.8 Å². The molecule has 0 amide bonds. The van der Waals surface area contributed by atoms with Crippen molar-refractivity contribution in [3.05, 3.63) is 125 Å². The minimum absolute atomic E-state index is 0. The second-order valence-electron chi connectivity index (χ2n) is 15.7. The van der Waals surface area contributed by atoms with Crippen molar-refractivity contribution < 1.29 is 49.0 Å². The van der Waals surface area contributed by atoms with Crippen LogP contribution >= 0.6 is 0 Å². The van der Waals surface area contributed by atoms with Gasteiger partial charge in [-0.25, -0.2) is 12.0 Å². The first-order valence-electron chi connectivity index (χ1n) is 18.4. The quantitative estimate of drug-likeness (QED) is 0.251. The van der Waals surface area contributed by atoms with E-state index in [4.69, 9.17) is 0 Å². The van der Waals surface area contributed by atoms with E-state index < -0.39 is 0 Å². The molecule has 260 valence electrons.